The molecule has 1 unspecified atom stereocenters. The van der Waals surface area contributed by atoms with Crippen molar-refractivity contribution in [3.63, 3.8) is 0 Å². The topological polar surface area (TPSA) is 67.3 Å². The Bertz CT molecular complexity index is 720. The molecular formula is C18H22N4O2. The summed E-state index contributed by atoms with van der Waals surface area (Å²) in [5.41, 5.74) is 1.62. The maximum absolute atomic E-state index is 13.1. The lowest BCUT2D eigenvalue weighted by Gasteiger charge is -2.26. The number of pyridine rings is 2. The molecule has 1 aliphatic heterocycles. The third kappa shape index (κ3) is 3.18. The predicted molar refractivity (Wildman–Crippen MR) is 92.2 cm³/mol. The van der Waals surface area contributed by atoms with E-state index in [1.807, 2.05) is 31.0 Å². The molecule has 1 N–H and O–H groups in total. The lowest BCUT2D eigenvalue weighted by molar-refractivity contribution is 0.0730. The molecule has 0 spiro atoms. The van der Waals surface area contributed by atoms with Gasteiger partial charge in [-0.15, -0.1) is 0 Å². The number of hydrogen-bond donors (Lipinski definition) is 1. The lowest BCUT2D eigenvalue weighted by Crippen LogP contribution is -2.31. The number of rotatable bonds is 5. The zero-order valence-corrected chi connectivity index (χ0v) is 14.0. The highest BCUT2D eigenvalue weighted by Gasteiger charge is 2.32. The van der Waals surface area contributed by atoms with Crippen molar-refractivity contribution in [3.05, 3.63) is 47.8 Å². The molecule has 6 heteroatoms. The van der Waals surface area contributed by atoms with Gasteiger partial charge in [0.15, 0.2) is 0 Å². The van der Waals surface area contributed by atoms with Gasteiger partial charge in [-0.1, -0.05) is 0 Å². The number of nitrogens with one attached hydrogen (secondary N) is 1. The largest absolute Gasteiger partial charge is 0.477 e. The molecule has 3 rings (SSSR count). The summed E-state index contributed by atoms with van der Waals surface area (Å²) in [5, 5.41) is 3.05. The van der Waals surface area contributed by atoms with E-state index in [4.69, 9.17) is 4.74 Å². The number of aromatic nitrogens is 2. The smallest absolute Gasteiger partial charge is 0.259 e. The molecule has 1 amide bonds. The van der Waals surface area contributed by atoms with E-state index in [2.05, 4.69) is 15.3 Å². The maximum atomic E-state index is 13.1. The second-order valence-corrected chi connectivity index (χ2v) is 5.67. The van der Waals surface area contributed by atoms with Gasteiger partial charge in [0.25, 0.3) is 5.91 Å². The van der Waals surface area contributed by atoms with Crippen molar-refractivity contribution in [2.45, 2.75) is 25.8 Å². The van der Waals surface area contributed by atoms with E-state index in [0.29, 0.717) is 18.1 Å². The van der Waals surface area contributed by atoms with Crippen LogP contribution in [-0.2, 0) is 0 Å². The normalized spacial score (nSPS) is 16.9. The molecule has 1 fully saturated rings. The van der Waals surface area contributed by atoms with Gasteiger partial charge in [0.05, 0.1) is 12.6 Å². The average molecular weight is 326 g/mol. The molecule has 0 aliphatic carbocycles. The minimum atomic E-state index is -0.0307. The van der Waals surface area contributed by atoms with Crippen molar-refractivity contribution in [3.8, 4) is 5.88 Å². The van der Waals surface area contributed by atoms with Crippen LogP contribution in [0.3, 0.4) is 0 Å². The van der Waals surface area contributed by atoms with Crippen LogP contribution in [0.15, 0.2) is 36.7 Å². The molecule has 0 saturated carbocycles. The monoisotopic (exact) mass is 326 g/mol. The molecular weight excluding hydrogens is 304 g/mol. The fourth-order valence-electron chi connectivity index (χ4n) is 3.11. The predicted octanol–water partition coefficient (Wildman–Crippen LogP) is 2.89. The van der Waals surface area contributed by atoms with E-state index in [9.17, 15) is 4.79 Å². The number of carbonyl (C=O) groups is 1. The van der Waals surface area contributed by atoms with Gasteiger partial charge in [0.1, 0.15) is 11.4 Å². The van der Waals surface area contributed by atoms with E-state index in [0.717, 1.165) is 30.8 Å². The van der Waals surface area contributed by atoms with Crippen molar-refractivity contribution < 1.29 is 9.53 Å². The summed E-state index contributed by atoms with van der Waals surface area (Å²) < 4.78 is 5.52. The third-order valence-electron chi connectivity index (χ3n) is 4.22. The minimum Gasteiger partial charge on any atom is -0.477 e. The number of carbonyl (C=O) groups excluding carboxylic acids is 1. The fraction of sp³-hybridized carbons (Fsp3) is 0.389. The van der Waals surface area contributed by atoms with E-state index in [-0.39, 0.29) is 11.9 Å². The van der Waals surface area contributed by atoms with Gasteiger partial charge < -0.3 is 15.0 Å². The number of nitrogens with zero attached hydrogens (tertiary/aromatic N) is 3. The maximum Gasteiger partial charge on any atom is 0.259 e. The Labute approximate surface area is 141 Å². The number of ether oxygens (including phenoxy) is 1. The van der Waals surface area contributed by atoms with Crippen molar-refractivity contribution in [2.75, 3.05) is 25.5 Å². The highest BCUT2D eigenvalue weighted by atomic mass is 16.5. The van der Waals surface area contributed by atoms with Gasteiger partial charge in [0.2, 0.25) is 5.88 Å². The van der Waals surface area contributed by atoms with Gasteiger partial charge in [-0.05, 0) is 49.6 Å². The highest BCUT2D eigenvalue weighted by Crippen LogP contribution is 2.34. The first-order valence-electron chi connectivity index (χ1n) is 8.27. The number of hydrogen-bond acceptors (Lipinski definition) is 5. The van der Waals surface area contributed by atoms with E-state index >= 15 is 0 Å². The third-order valence-corrected chi connectivity index (χ3v) is 4.22. The standard InChI is InChI=1S/C18H22N4O2/c1-3-24-17-14(6-4-9-21-17)18(23)22-11-5-7-15(22)13-8-10-20-16(12-13)19-2/h4,6,8-10,12,15H,3,5,7,11H2,1-2H3,(H,19,20). The van der Waals surface area contributed by atoms with Crippen LogP contribution in [0.4, 0.5) is 5.82 Å². The Balaban J connectivity index is 1.89. The van der Waals surface area contributed by atoms with Crippen LogP contribution in [0, 0.1) is 0 Å². The minimum absolute atomic E-state index is 0.0307. The molecule has 0 aromatic carbocycles. The quantitative estimate of drug-likeness (QED) is 0.915. The molecule has 24 heavy (non-hydrogen) atoms. The first kappa shape index (κ1) is 16.2. The molecule has 1 aliphatic rings. The molecule has 0 bridgehead atoms. The second kappa shape index (κ2) is 7.29. The van der Waals surface area contributed by atoms with Gasteiger partial charge in [0, 0.05) is 26.0 Å². The van der Waals surface area contributed by atoms with Crippen LogP contribution in [0.5, 0.6) is 5.88 Å². The summed E-state index contributed by atoms with van der Waals surface area (Å²) in [7, 11) is 1.84. The Hall–Kier alpha value is -2.63. The summed E-state index contributed by atoms with van der Waals surface area (Å²) in [6.07, 6.45) is 5.35. The molecule has 0 radical (unpaired) electrons. The van der Waals surface area contributed by atoms with Crippen LogP contribution in [0.25, 0.3) is 0 Å². The molecule has 6 nitrogen and oxygen atoms in total. The second-order valence-electron chi connectivity index (χ2n) is 5.67. The van der Waals surface area contributed by atoms with Crippen LogP contribution in [0.1, 0.15) is 41.7 Å². The summed E-state index contributed by atoms with van der Waals surface area (Å²) in [4.78, 5) is 23.4. The molecule has 1 atom stereocenters. The Morgan fingerprint density at radius 1 is 1.38 bits per heavy atom. The first-order chi connectivity index (χ1) is 11.7. The fourth-order valence-corrected chi connectivity index (χ4v) is 3.11. The molecule has 2 aromatic rings. The van der Waals surface area contributed by atoms with Gasteiger partial charge >= 0.3 is 0 Å². The first-order valence-corrected chi connectivity index (χ1v) is 8.27. The summed E-state index contributed by atoms with van der Waals surface area (Å²) in [6.45, 7) is 3.11. The number of anilines is 1. The Kier molecular flexibility index (Phi) is 4.93. The molecule has 126 valence electrons. The van der Waals surface area contributed by atoms with Crippen molar-refractivity contribution in [2.24, 2.45) is 0 Å². The van der Waals surface area contributed by atoms with Gasteiger partial charge in [-0.2, -0.15) is 0 Å². The highest BCUT2D eigenvalue weighted by molar-refractivity contribution is 5.96. The van der Waals surface area contributed by atoms with E-state index < -0.39 is 0 Å². The summed E-state index contributed by atoms with van der Waals surface area (Å²) in [5.74, 6) is 1.18. The Morgan fingerprint density at radius 3 is 3.04 bits per heavy atom. The van der Waals surface area contributed by atoms with Crippen LogP contribution in [0.2, 0.25) is 0 Å². The van der Waals surface area contributed by atoms with Crippen LogP contribution in [-0.4, -0.2) is 41.0 Å². The van der Waals surface area contributed by atoms with Crippen molar-refractivity contribution >= 4 is 11.7 Å². The van der Waals surface area contributed by atoms with Crippen LogP contribution >= 0.6 is 0 Å². The summed E-state index contributed by atoms with van der Waals surface area (Å²) >= 11 is 0. The zero-order valence-electron chi connectivity index (χ0n) is 14.0. The van der Waals surface area contributed by atoms with Gasteiger partial charge in [-0.3, -0.25) is 4.79 Å². The molecule has 1 saturated heterocycles. The average Bonchev–Trinajstić information content (AvgIpc) is 3.12. The SMILES string of the molecule is CCOc1ncccc1C(=O)N1CCCC1c1ccnc(NC)c1. The molecule has 3 heterocycles. The summed E-state index contributed by atoms with van der Waals surface area (Å²) in [6, 6.07) is 7.59. The Morgan fingerprint density at radius 2 is 2.25 bits per heavy atom. The lowest BCUT2D eigenvalue weighted by atomic mass is 10.1. The number of likely N-dealkylation sites (tertiary alicyclic amines) is 1. The number of amides is 1. The van der Waals surface area contributed by atoms with E-state index in [1.54, 1.807) is 24.5 Å². The van der Waals surface area contributed by atoms with Crippen LogP contribution < -0.4 is 10.1 Å². The van der Waals surface area contributed by atoms with Crippen molar-refractivity contribution in [1.29, 1.82) is 0 Å². The van der Waals surface area contributed by atoms with E-state index in [1.165, 1.54) is 0 Å². The molecule has 2 aromatic heterocycles. The van der Waals surface area contributed by atoms with Crippen molar-refractivity contribution in [1.82, 2.24) is 14.9 Å². The zero-order chi connectivity index (χ0) is 16.9. The van der Waals surface area contributed by atoms with Gasteiger partial charge in [-0.25, -0.2) is 9.97 Å².